The van der Waals surface area contributed by atoms with Gasteiger partial charge in [0.25, 0.3) is 0 Å². The Labute approximate surface area is 176 Å². The Bertz CT molecular complexity index is 1200. The highest BCUT2D eigenvalue weighted by Gasteiger charge is 2.30. The number of Topliss-reactive ketones (excluding diaryl/α,β-unsaturated/α-hetero) is 1. The number of aromatic nitrogens is 1. The number of carbonyl (C=O) groups is 1. The molecule has 0 unspecified atom stereocenters. The van der Waals surface area contributed by atoms with Crippen molar-refractivity contribution < 1.29 is 19.0 Å². The lowest BCUT2D eigenvalue weighted by atomic mass is 10.1. The first-order valence-corrected chi connectivity index (χ1v) is 9.94. The summed E-state index contributed by atoms with van der Waals surface area (Å²) >= 11 is 0. The van der Waals surface area contributed by atoms with Gasteiger partial charge in [-0.25, -0.2) is 0 Å². The molecule has 0 atom stereocenters. The number of hydrogen-bond acceptors (Lipinski definition) is 4. The zero-order valence-corrected chi connectivity index (χ0v) is 17.7. The first kappa shape index (κ1) is 19.8. The van der Waals surface area contributed by atoms with Crippen LogP contribution in [0.1, 0.15) is 35.3 Å². The second kappa shape index (κ2) is 7.75. The van der Waals surface area contributed by atoms with Gasteiger partial charge in [-0.15, -0.1) is 0 Å². The molecule has 4 rings (SSSR count). The molecule has 1 aliphatic heterocycles. The molecule has 5 nitrogen and oxygen atoms in total. The Kier molecular flexibility index (Phi) is 5.12. The van der Waals surface area contributed by atoms with Crippen LogP contribution < -0.4 is 14.2 Å². The van der Waals surface area contributed by atoms with Gasteiger partial charge in [0.2, 0.25) is 5.78 Å². The molecule has 0 amide bonds. The number of aryl methyl sites for hydroxylation is 1. The van der Waals surface area contributed by atoms with Gasteiger partial charge in [0.05, 0.1) is 12.7 Å². The van der Waals surface area contributed by atoms with Crippen LogP contribution in [-0.4, -0.2) is 24.1 Å². The van der Waals surface area contributed by atoms with Crippen LogP contribution in [0.5, 0.6) is 17.2 Å². The highest BCUT2D eigenvalue weighted by atomic mass is 16.5. The van der Waals surface area contributed by atoms with Gasteiger partial charge in [0.1, 0.15) is 23.9 Å². The third-order valence-corrected chi connectivity index (χ3v) is 5.26. The van der Waals surface area contributed by atoms with Gasteiger partial charge in [-0.2, -0.15) is 0 Å². The third-order valence-electron chi connectivity index (χ3n) is 5.26. The first-order chi connectivity index (χ1) is 14.4. The van der Waals surface area contributed by atoms with Gasteiger partial charge in [-0.3, -0.25) is 4.79 Å². The Morgan fingerprint density at radius 1 is 1.27 bits per heavy atom. The van der Waals surface area contributed by atoms with Gasteiger partial charge in [0.15, 0.2) is 5.76 Å². The molecular formula is C25H25NO4. The van der Waals surface area contributed by atoms with Crippen molar-refractivity contribution >= 4 is 22.8 Å². The lowest BCUT2D eigenvalue weighted by Gasteiger charge is -2.11. The van der Waals surface area contributed by atoms with Crippen molar-refractivity contribution in [3.8, 4) is 17.2 Å². The van der Waals surface area contributed by atoms with E-state index >= 15 is 0 Å². The van der Waals surface area contributed by atoms with E-state index in [2.05, 4.69) is 18.1 Å². The van der Waals surface area contributed by atoms with Crippen molar-refractivity contribution in [2.75, 3.05) is 13.7 Å². The largest absolute Gasteiger partial charge is 0.497 e. The Morgan fingerprint density at radius 3 is 2.77 bits per heavy atom. The van der Waals surface area contributed by atoms with Crippen molar-refractivity contribution in [3.63, 3.8) is 0 Å². The summed E-state index contributed by atoms with van der Waals surface area (Å²) in [5.41, 5.74) is 4.29. The maximum atomic E-state index is 13.0. The van der Waals surface area contributed by atoms with Gasteiger partial charge >= 0.3 is 0 Å². The fourth-order valence-corrected chi connectivity index (χ4v) is 3.67. The van der Waals surface area contributed by atoms with Gasteiger partial charge in [0, 0.05) is 34.8 Å². The van der Waals surface area contributed by atoms with E-state index in [0.29, 0.717) is 29.4 Å². The zero-order valence-electron chi connectivity index (χ0n) is 17.7. The molecule has 1 aliphatic rings. The molecule has 2 aromatic carbocycles. The summed E-state index contributed by atoms with van der Waals surface area (Å²) in [6, 6.07) is 9.53. The van der Waals surface area contributed by atoms with Crippen LogP contribution in [0.4, 0.5) is 0 Å². The first-order valence-electron chi connectivity index (χ1n) is 9.94. The van der Waals surface area contributed by atoms with Crippen molar-refractivity contribution in [1.82, 2.24) is 4.57 Å². The predicted molar refractivity (Wildman–Crippen MR) is 119 cm³/mol. The minimum absolute atomic E-state index is 0.125. The summed E-state index contributed by atoms with van der Waals surface area (Å²) in [5.74, 6) is 2.21. The number of carbonyl (C=O) groups excluding carboxylic acids is 1. The van der Waals surface area contributed by atoms with Crippen LogP contribution in [0, 0.1) is 6.92 Å². The SMILES string of the molecule is C=C(C)COc1ccc2c(c1C)OC(=Cc1cn(CC)c3ccc(OC)cc13)C2=O. The number of nitrogens with zero attached hydrogens (tertiary/aromatic N) is 1. The molecule has 0 radical (unpaired) electrons. The molecule has 0 saturated heterocycles. The monoisotopic (exact) mass is 403 g/mol. The molecule has 0 bridgehead atoms. The quantitative estimate of drug-likeness (QED) is 0.400. The molecule has 0 N–H and O–H groups in total. The predicted octanol–water partition coefficient (Wildman–Crippen LogP) is 5.55. The average Bonchev–Trinajstić information content (AvgIpc) is 3.25. The molecule has 1 aromatic heterocycles. The molecule has 0 spiro atoms. The molecule has 2 heterocycles. The molecule has 3 aromatic rings. The molecule has 30 heavy (non-hydrogen) atoms. The van der Waals surface area contributed by atoms with Crippen LogP contribution in [0.25, 0.3) is 17.0 Å². The summed E-state index contributed by atoms with van der Waals surface area (Å²) in [6.07, 6.45) is 3.84. The van der Waals surface area contributed by atoms with E-state index in [9.17, 15) is 4.79 Å². The third kappa shape index (κ3) is 3.36. The van der Waals surface area contributed by atoms with Crippen molar-refractivity contribution in [2.24, 2.45) is 0 Å². The number of fused-ring (bicyclic) bond motifs is 2. The van der Waals surface area contributed by atoms with E-state index in [1.54, 1.807) is 13.2 Å². The summed E-state index contributed by atoms with van der Waals surface area (Å²) in [4.78, 5) is 13.0. The van der Waals surface area contributed by atoms with Crippen molar-refractivity contribution in [1.29, 1.82) is 0 Å². The van der Waals surface area contributed by atoms with E-state index in [4.69, 9.17) is 14.2 Å². The fourth-order valence-electron chi connectivity index (χ4n) is 3.67. The summed E-state index contributed by atoms with van der Waals surface area (Å²) < 4.78 is 19.3. The second-order valence-electron chi connectivity index (χ2n) is 7.50. The average molecular weight is 403 g/mol. The van der Waals surface area contributed by atoms with Crippen LogP contribution in [0.15, 0.2) is 54.4 Å². The molecule has 154 valence electrons. The smallest absolute Gasteiger partial charge is 0.231 e. The normalized spacial score (nSPS) is 14.1. The summed E-state index contributed by atoms with van der Waals surface area (Å²) in [5, 5.41) is 1.01. The van der Waals surface area contributed by atoms with Gasteiger partial charge < -0.3 is 18.8 Å². The topological polar surface area (TPSA) is 49.7 Å². The van der Waals surface area contributed by atoms with Crippen molar-refractivity contribution in [2.45, 2.75) is 27.3 Å². The number of ketones is 1. The number of methoxy groups -OCH3 is 1. The fraction of sp³-hybridized carbons (Fsp3) is 0.240. The van der Waals surface area contributed by atoms with Gasteiger partial charge in [-0.1, -0.05) is 6.58 Å². The molecule has 0 fully saturated rings. The zero-order chi connectivity index (χ0) is 21.4. The second-order valence-corrected chi connectivity index (χ2v) is 7.50. The molecule has 5 heteroatoms. The van der Waals surface area contributed by atoms with E-state index in [0.717, 1.165) is 39.9 Å². The number of rotatable bonds is 6. The van der Waals surface area contributed by atoms with Crippen LogP contribution in [0.3, 0.4) is 0 Å². The van der Waals surface area contributed by atoms with Crippen molar-refractivity contribution in [3.05, 3.63) is 71.1 Å². The number of ether oxygens (including phenoxy) is 3. The van der Waals surface area contributed by atoms with Gasteiger partial charge in [-0.05, 0) is 62.8 Å². The Morgan fingerprint density at radius 2 is 2.07 bits per heavy atom. The molecule has 0 saturated carbocycles. The lowest BCUT2D eigenvalue weighted by Crippen LogP contribution is -2.00. The summed E-state index contributed by atoms with van der Waals surface area (Å²) in [6.45, 7) is 11.0. The molecular weight excluding hydrogens is 378 g/mol. The number of hydrogen-bond donors (Lipinski definition) is 0. The van der Waals surface area contributed by atoms with E-state index in [1.165, 1.54) is 0 Å². The highest BCUT2D eigenvalue weighted by Crippen LogP contribution is 2.40. The summed E-state index contributed by atoms with van der Waals surface area (Å²) in [7, 11) is 1.65. The van der Waals surface area contributed by atoms with E-state index < -0.39 is 0 Å². The Hall–Kier alpha value is -3.47. The minimum atomic E-state index is -0.125. The number of benzene rings is 2. The van der Waals surface area contributed by atoms with Crippen LogP contribution in [0.2, 0.25) is 0 Å². The van der Waals surface area contributed by atoms with Crippen LogP contribution >= 0.6 is 0 Å². The maximum absolute atomic E-state index is 13.0. The maximum Gasteiger partial charge on any atom is 0.231 e. The van der Waals surface area contributed by atoms with E-state index in [1.807, 2.05) is 50.4 Å². The standard InChI is InChI=1S/C25H25NO4/c1-6-26-13-17(20-12-18(28-5)7-9-21(20)26)11-23-24(27)19-8-10-22(29-14-15(2)3)16(4)25(19)30-23/h7-13H,2,6,14H2,1,3-5H3. The van der Waals surface area contributed by atoms with Crippen LogP contribution in [-0.2, 0) is 6.54 Å². The minimum Gasteiger partial charge on any atom is -0.497 e. The highest BCUT2D eigenvalue weighted by molar-refractivity contribution is 6.15. The number of allylic oxidation sites excluding steroid dienone is 1. The Balaban J connectivity index is 1.74. The van der Waals surface area contributed by atoms with E-state index in [-0.39, 0.29) is 5.78 Å². The molecule has 0 aliphatic carbocycles. The lowest BCUT2D eigenvalue weighted by molar-refractivity contribution is 0.101.